The molecule has 1 heterocycles. The van der Waals surface area contributed by atoms with Crippen molar-refractivity contribution in [3.8, 4) is 0 Å². The highest BCUT2D eigenvalue weighted by molar-refractivity contribution is 5.71. The molecule has 0 bridgehead atoms. The molecule has 2 atom stereocenters. The van der Waals surface area contributed by atoms with E-state index in [1.165, 1.54) is 0 Å². The second kappa shape index (κ2) is 8.58. The molecule has 0 saturated carbocycles. The SMILES string of the molecule is CCCC1CC(NCC(F)(F)F)CN(CC(=O)OCC)C1. The van der Waals surface area contributed by atoms with Gasteiger partial charge in [0.05, 0.1) is 19.7 Å². The van der Waals surface area contributed by atoms with E-state index < -0.39 is 12.7 Å². The topological polar surface area (TPSA) is 41.6 Å². The minimum absolute atomic E-state index is 0.151. The summed E-state index contributed by atoms with van der Waals surface area (Å²) in [6.07, 6.45) is -1.53. The zero-order valence-electron chi connectivity index (χ0n) is 12.7. The standard InChI is InChI=1S/C14H25F3N2O2/c1-3-5-11-6-12(18-10-14(15,16)17)8-19(7-11)9-13(20)21-4-2/h11-12,18H,3-10H2,1-2H3. The second-order valence-electron chi connectivity index (χ2n) is 5.58. The highest BCUT2D eigenvalue weighted by Crippen LogP contribution is 2.22. The smallest absolute Gasteiger partial charge is 0.401 e. The fourth-order valence-corrected chi connectivity index (χ4v) is 2.85. The predicted molar refractivity (Wildman–Crippen MR) is 73.9 cm³/mol. The number of carbonyl (C=O) groups excluding carboxylic acids is 1. The molecule has 124 valence electrons. The van der Waals surface area contributed by atoms with Gasteiger partial charge in [0.25, 0.3) is 0 Å². The van der Waals surface area contributed by atoms with Crippen LogP contribution in [-0.2, 0) is 9.53 Å². The number of hydrogen-bond acceptors (Lipinski definition) is 4. The van der Waals surface area contributed by atoms with Crippen LogP contribution in [0.15, 0.2) is 0 Å². The van der Waals surface area contributed by atoms with Crippen LogP contribution in [-0.4, -0.2) is 55.9 Å². The van der Waals surface area contributed by atoms with E-state index in [1.807, 2.05) is 4.90 Å². The fraction of sp³-hybridized carbons (Fsp3) is 0.929. The minimum atomic E-state index is -4.20. The molecule has 0 aromatic heterocycles. The maximum Gasteiger partial charge on any atom is 0.401 e. The first-order valence-electron chi connectivity index (χ1n) is 7.52. The highest BCUT2D eigenvalue weighted by Gasteiger charge is 2.32. The van der Waals surface area contributed by atoms with Crippen LogP contribution in [0.25, 0.3) is 0 Å². The van der Waals surface area contributed by atoms with Crippen LogP contribution in [0.2, 0.25) is 0 Å². The third-order valence-corrected chi connectivity index (χ3v) is 3.56. The van der Waals surface area contributed by atoms with Crippen molar-refractivity contribution in [2.75, 3.05) is 32.8 Å². The van der Waals surface area contributed by atoms with Crippen molar-refractivity contribution in [3.63, 3.8) is 0 Å². The Kier molecular flexibility index (Phi) is 7.45. The Morgan fingerprint density at radius 1 is 1.33 bits per heavy atom. The number of carbonyl (C=O) groups is 1. The monoisotopic (exact) mass is 310 g/mol. The van der Waals surface area contributed by atoms with Crippen molar-refractivity contribution < 1.29 is 22.7 Å². The van der Waals surface area contributed by atoms with E-state index in [2.05, 4.69) is 12.2 Å². The molecular weight excluding hydrogens is 285 g/mol. The van der Waals surface area contributed by atoms with Gasteiger partial charge in [0.2, 0.25) is 0 Å². The van der Waals surface area contributed by atoms with Crippen molar-refractivity contribution in [2.45, 2.75) is 45.3 Å². The van der Waals surface area contributed by atoms with Crippen LogP contribution in [0.5, 0.6) is 0 Å². The number of rotatable bonds is 7. The molecular formula is C14H25F3N2O2. The van der Waals surface area contributed by atoms with Crippen LogP contribution < -0.4 is 5.32 Å². The summed E-state index contributed by atoms with van der Waals surface area (Å²) in [5.41, 5.74) is 0. The van der Waals surface area contributed by atoms with Crippen molar-refractivity contribution in [3.05, 3.63) is 0 Å². The summed E-state index contributed by atoms with van der Waals surface area (Å²) in [5, 5.41) is 2.57. The quantitative estimate of drug-likeness (QED) is 0.732. The van der Waals surface area contributed by atoms with Gasteiger partial charge in [0, 0.05) is 19.1 Å². The van der Waals surface area contributed by atoms with Crippen molar-refractivity contribution in [2.24, 2.45) is 5.92 Å². The average Bonchev–Trinajstić information content (AvgIpc) is 2.36. The lowest BCUT2D eigenvalue weighted by Gasteiger charge is -2.37. The highest BCUT2D eigenvalue weighted by atomic mass is 19.4. The molecule has 0 aromatic carbocycles. The molecule has 0 radical (unpaired) electrons. The zero-order chi connectivity index (χ0) is 15.9. The van der Waals surface area contributed by atoms with Gasteiger partial charge in [0.1, 0.15) is 0 Å². The summed E-state index contributed by atoms with van der Waals surface area (Å²) in [4.78, 5) is 13.4. The lowest BCUT2D eigenvalue weighted by Crippen LogP contribution is -2.52. The normalized spacial score (nSPS) is 24.0. The van der Waals surface area contributed by atoms with Crippen molar-refractivity contribution >= 4 is 5.97 Å². The Balaban J connectivity index is 2.53. The first-order valence-corrected chi connectivity index (χ1v) is 7.52. The lowest BCUT2D eigenvalue weighted by atomic mass is 9.90. The van der Waals surface area contributed by atoms with E-state index >= 15 is 0 Å². The summed E-state index contributed by atoms with van der Waals surface area (Å²) in [6.45, 7) is 4.49. The van der Waals surface area contributed by atoms with Crippen LogP contribution in [0.3, 0.4) is 0 Å². The number of likely N-dealkylation sites (tertiary alicyclic amines) is 1. The van der Waals surface area contributed by atoms with Gasteiger partial charge in [-0.3, -0.25) is 9.69 Å². The molecule has 1 N–H and O–H groups in total. The number of nitrogens with zero attached hydrogens (tertiary/aromatic N) is 1. The van der Waals surface area contributed by atoms with E-state index in [0.717, 1.165) is 25.8 Å². The number of alkyl halides is 3. The Labute approximate surface area is 124 Å². The first-order chi connectivity index (χ1) is 9.84. The number of nitrogens with one attached hydrogen (secondary N) is 1. The number of hydrogen-bond donors (Lipinski definition) is 1. The fourth-order valence-electron chi connectivity index (χ4n) is 2.85. The van der Waals surface area contributed by atoms with Gasteiger partial charge in [-0.2, -0.15) is 13.2 Å². The molecule has 1 saturated heterocycles. The number of esters is 1. The van der Waals surface area contributed by atoms with Gasteiger partial charge < -0.3 is 10.1 Å². The molecule has 21 heavy (non-hydrogen) atoms. The Bertz CT molecular complexity index is 324. The van der Waals surface area contributed by atoms with E-state index in [0.29, 0.717) is 19.1 Å². The van der Waals surface area contributed by atoms with Gasteiger partial charge in [0.15, 0.2) is 0 Å². The number of halogens is 3. The summed E-state index contributed by atoms with van der Waals surface area (Å²) in [5.74, 6) is 0.00753. The van der Waals surface area contributed by atoms with E-state index in [4.69, 9.17) is 4.74 Å². The summed E-state index contributed by atoms with van der Waals surface area (Å²) < 4.78 is 41.8. The van der Waals surface area contributed by atoms with E-state index in [-0.39, 0.29) is 18.6 Å². The molecule has 7 heteroatoms. The Morgan fingerprint density at radius 2 is 2.05 bits per heavy atom. The molecule has 1 rings (SSSR count). The summed E-state index contributed by atoms with van der Waals surface area (Å²) in [7, 11) is 0. The second-order valence-corrected chi connectivity index (χ2v) is 5.58. The van der Waals surface area contributed by atoms with Gasteiger partial charge in [-0.05, 0) is 25.7 Å². The zero-order valence-corrected chi connectivity index (χ0v) is 12.7. The maximum absolute atomic E-state index is 12.3. The molecule has 0 amide bonds. The van der Waals surface area contributed by atoms with Gasteiger partial charge >= 0.3 is 12.1 Å². The number of ether oxygens (including phenoxy) is 1. The van der Waals surface area contributed by atoms with Crippen molar-refractivity contribution in [1.82, 2.24) is 10.2 Å². The van der Waals surface area contributed by atoms with Gasteiger partial charge in [-0.1, -0.05) is 13.3 Å². The van der Waals surface area contributed by atoms with Gasteiger partial charge in [-0.25, -0.2) is 0 Å². The molecule has 1 fully saturated rings. The predicted octanol–water partition coefficient (Wildman–Crippen LogP) is 2.19. The molecule has 0 aliphatic carbocycles. The van der Waals surface area contributed by atoms with Crippen LogP contribution >= 0.6 is 0 Å². The summed E-state index contributed by atoms with van der Waals surface area (Å²) in [6, 6.07) is -0.230. The summed E-state index contributed by atoms with van der Waals surface area (Å²) >= 11 is 0. The maximum atomic E-state index is 12.3. The third-order valence-electron chi connectivity index (χ3n) is 3.56. The van der Waals surface area contributed by atoms with Crippen molar-refractivity contribution in [1.29, 1.82) is 0 Å². The largest absolute Gasteiger partial charge is 0.465 e. The molecule has 4 nitrogen and oxygen atoms in total. The van der Waals surface area contributed by atoms with E-state index in [9.17, 15) is 18.0 Å². The van der Waals surface area contributed by atoms with Crippen LogP contribution in [0.4, 0.5) is 13.2 Å². The molecule has 0 aromatic rings. The molecule has 2 unspecified atom stereocenters. The molecule has 0 spiro atoms. The number of piperidine rings is 1. The van der Waals surface area contributed by atoms with E-state index in [1.54, 1.807) is 6.92 Å². The van der Waals surface area contributed by atoms with Crippen LogP contribution in [0.1, 0.15) is 33.1 Å². The molecule has 1 aliphatic heterocycles. The van der Waals surface area contributed by atoms with Crippen LogP contribution in [0, 0.1) is 5.92 Å². The molecule has 1 aliphatic rings. The Morgan fingerprint density at radius 3 is 2.62 bits per heavy atom. The minimum Gasteiger partial charge on any atom is -0.465 e. The average molecular weight is 310 g/mol. The van der Waals surface area contributed by atoms with Gasteiger partial charge in [-0.15, -0.1) is 0 Å². The first kappa shape index (κ1) is 18.2. The Hall–Kier alpha value is -0.820. The third kappa shape index (κ3) is 7.66. The lowest BCUT2D eigenvalue weighted by molar-refractivity contribution is -0.145.